The van der Waals surface area contributed by atoms with Crippen LogP contribution < -0.4 is 5.32 Å². The van der Waals surface area contributed by atoms with E-state index < -0.39 is 0 Å². The number of aliphatic hydroxyl groups is 1. The molecule has 1 heterocycles. The highest BCUT2D eigenvalue weighted by atomic mass is 79.9. The van der Waals surface area contributed by atoms with Crippen molar-refractivity contribution in [1.82, 2.24) is 10.2 Å². The maximum absolute atomic E-state index is 9.26. The van der Waals surface area contributed by atoms with Gasteiger partial charge in [0.15, 0.2) is 0 Å². The summed E-state index contributed by atoms with van der Waals surface area (Å²) in [6.45, 7) is 5.64. The van der Waals surface area contributed by atoms with E-state index in [0.717, 1.165) is 26.1 Å². The Bertz CT molecular complexity index is 401. The van der Waals surface area contributed by atoms with E-state index in [1.165, 1.54) is 22.9 Å². The molecule has 112 valence electrons. The Morgan fingerprint density at radius 3 is 2.65 bits per heavy atom. The fourth-order valence-electron chi connectivity index (χ4n) is 2.76. The molecule has 0 radical (unpaired) electrons. The molecule has 2 rings (SSSR count). The second-order valence-electron chi connectivity index (χ2n) is 5.60. The molecule has 1 fully saturated rings. The highest BCUT2D eigenvalue weighted by Crippen LogP contribution is 2.20. The van der Waals surface area contributed by atoms with Crippen molar-refractivity contribution in [2.45, 2.75) is 44.8 Å². The smallest absolute Gasteiger partial charge is 0.0584 e. The number of hydrogen-bond donors (Lipinski definition) is 2. The zero-order valence-corrected chi connectivity index (χ0v) is 13.8. The Balaban J connectivity index is 1.78. The number of likely N-dealkylation sites (tertiary alicyclic amines) is 1. The van der Waals surface area contributed by atoms with Gasteiger partial charge in [-0.3, -0.25) is 4.90 Å². The minimum atomic E-state index is 0.244. The van der Waals surface area contributed by atoms with Crippen LogP contribution in [0.3, 0.4) is 0 Å². The van der Waals surface area contributed by atoms with Crippen molar-refractivity contribution in [2.24, 2.45) is 0 Å². The number of nitrogens with one attached hydrogen (secondary N) is 1. The molecule has 1 atom stereocenters. The topological polar surface area (TPSA) is 35.5 Å². The predicted molar refractivity (Wildman–Crippen MR) is 86.7 cm³/mol. The van der Waals surface area contributed by atoms with E-state index in [9.17, 15) is 5.11 Å². The predicted octanol–water partition coefficient (Wildman–Crippen LogP) is 2.77. The number of hydrogen-bond acceptors (Lipinski definition) is 3. The van der Waals surface area contributed by atoms with Gasteiger partial charge >= 0.3 is 0 Å². The molecule has 4 heteroatoms. The van der Waals surface area contributed by atoms with Crippen molar-refractivity contribution in [3.05, 3.63) is 34.3 Å². The van der Waals surface area contributed by atoms with E-state index in [-0.39, 0.29) is 12.6 Å². The van der Waals surface area contributed by atoms with Crippen molar-refractivity contribution in [3.63, 3.8) is 0 Å². The highest BCUT2D eigenvalue weighted by Gasteiger charge is 2.21. The number of rotatable bonds is 6. The average Bonchev–Trinajstić information content (AvgIpc) is 2.49. The molecule has 1 aliphatic heterocycles. The van der Waals surface area contributed by atoms with Crippen LogP contribution in [0.4, 0.5) is 0 Å². The van der Waals surface area contributed by atoms with Crippen LogP contribution in [0.25, 0.3) is 0 Å². The zero-order chi connectivity index (χ0) is 14.4. The van der Waals surface area contributed by atoms with Gasteiger partial charge in [-0.1, -0.05) is 41.1 Å². The number of benzene rings is 1. The fraction of sp³-hybridized carbons (Fsp3) is 0.625. The molecule has 2 N–H and O–H groups in total. The minimum absolute atomic E-state index is 0.244. The Labute approximate surface area is 130 Å². The molecule has 3 nitrogen and oxygen atoms in total. The van der Waals surface area contributed by atoms with Gasteiger partial charge in [0.1, 0.15) is 0 Å². The van der Waals surface area contributed by atoms with E-state index in [0.29, 0.717) is 6.04 Å². The summed E-state index contributed by atoms with van der Waals surface area (Å²) >= 11 is 3.62. The van der Waals surface area contributed by atoms with Crippen LogP contribution >= 0.6 is 15.9 Å². The molecule has 0 spiro atoms. The Morgan fingerprint density at radius 1 is 1.35 bits per heavy atom. The van der Waals surface area contributed by atoms with Crippen LogP contribution in [0.15, 0.2) is 28.7 Å². The van der Waals surface area contributed by atoms with Crippen molar-refractivity contribution >= 4 is 15.9 Å². The third kappa shape index (κ3) is 4.55. The lowest BCUT2D eigenvalue weighted by Crippen LogP contribution is -2.46. The molecule has 0 unspecified atom stereocenters. The summed E-state index contributed by atoms with van der Waals surface area (Å²) in [6.07, 6.45) is 3.33. The largest absolute Gasteiger partial charge is 0.395 e. The number of piperidine rings is 1. The van der Waals surface area contributed by atoms with Crippen LogP contribution in [-0.2, 0) is 6.54 Å². The van der Waals surface area contributed by atoms with Crippen LogP contribution in [0.5, 0.6) is 0 Å². The Kier molecular flexibility index (Phi) is 6.49. The Morgan fingerprint density at radius 2 is 2.05 bits per heavy atom. The SMILES string of the molecule is CC[C@H](CO)NC1CCN(Cc2ccccc2Br)CC1. The van der Waals surface area contributed by atoms with E-state index in [4.69, 9.17) is 0 Å². The van der Waals surface area contributed by atoms with Gasteiger partial charge in [-0.25, -0.2) is 0 Å². The normalized spacial score (nSPS) is 19.1. The lowest BCUT2D eigenvalue weighted by Gasteiger charge is -2.34. The lowest BCUT2D eigenvalue weighted by molar-refractivity contribution is 0.165. The molecule has 0 amide bonds. The first-order valence-electron chi connectivity index (χ1n) is 7.55. The summed E-state index contributed by atoms with van der Waals surface area (Å²) in [4.78, 5) is 2.51. The van der Waals surface area contributed by atoms with Crippen molar-refractivity contribution in [3.8, 4) is 0 Å². The third-order valence-corrected chi connectivity index (χ3v) is 4.90. The van der Waals surface area contributed by atoms with Crippen molar-refractivity contribution in [1.29, 1.82) is 0 Å². The highest BCUT2D eigenvalue weighted by molar-refractivity contribution is 9.10. The number of aliphatic hydroxyl groups excluding tert-OH is 1. The van der Waals surface area contributed by atoms with E-state index >= 15 is 0 Å². The van der Waals surface area contributed by atoms with E-state index in [2.05, 4.69) is 57.3 Å². The van der Waals surface area contributed by atoms with Gasteiger partial charge < -0.3 is 10.4 Å². The molecule has 1 aliphatic rings. The molecular formula is C16H25BrN2O. The first-order valence-corrected chi connectivity index (χ1v) is 8.35. The zero-order valence-electron chi connectivity index (χ0n) is 12.2. The quantitative estimate of drug-likeness (QED) is 0.835. The average molecular weight is 341 g/mol. The molecule has 0 aromatic heterocycles. The van der Waals surface area contributed by atoms with Crippen LogP contribution in [0, 0.1) is 0 Å². The first kappa shape index (κ1) is 16.0. The van der Waals surface area contributed by atoms with Crippen LogP contribution in [-0.4, -0.2) is 41.8 Å². The lowest BCUT2D eigenvalue weighted by atomic mass is 10.0. The standard InChI is InChI=1S/C16H25BrN2O/c1-2-14(12-20)18-15-7-9-19(10-8-15)11-13-5-3-4-6-16(13)17/h3-6,14-15,18,20H,2,7-12H2,1H3/t14-/m1/s1. The van der Waals surface area contributed by atoms with Gasteiger partial charge in [-0.2, -0.15) is 0 Å². The number of halogens is 1. The summed E-state index contributed by atoms with van der Waals surface area (Å²) in [6, 6.07) is 9.27. The van der Waals surface area contributed by atoms with Gasteiger partial charge in [-0.05, 0) is 44.0 Å². The molecule has 0 saturated carbocycles. The summed E-state index contributed by atoms with van der Waals surface area (Å²) in [5.41, 5.74) is 1.36. The van der Waals surface area contributed by atoms with E-state index in [1.807, 2.05) is 0 Å². The molecule has 1 aromatic rings. The summed E-state index contributed by atoms with van der Waals surface area (Å²) in [7, 11) is 0. The first-order chi connectivity index (χ1) is 9.72. The van der Waals surface area contributed by atoms with Crippen molar-refractivity contribution in [2.75, 3.05) is 19.7 Å². The second-order valence-corrected chi connectivity index (χ2v) is 6.45. The molecule has 1 saturated heterocycles. The Hall–Kier alpha value is -0.420. The van der Waals surface area contributed by atoms with Crippen LogP contribution in [0.1, 0.15) is 31.7 Å². The summed E-state index contributed by atoms with van der Waals surface area (Å²) in [5, 5.41) is 12.8. The number of nitrogens with zero attached hydrogens (tertiary/aromatic N) is 1. The van der Waals surface area contributed by atoms with Gasteiger partial charge in [0.2, 0.25) is 0 Å². The van der Waals surface area contributed by atoms with Crippen LogP contribution in [0.2, 0.25) is 0 Å². The van der Waals surface area contributed by atoms with Gasteiger partial charge in [0.05, 0.1) is 6.61 Å². The maximum atomic E-state index is 9.26. The minimum Gasteiger partial charge on any atom is -0.395 e. The monoisotopic (exact) mass is 340 g/mol. The molecule has 0 aliphatic carbocycles. The van der Waals surface area contributed by atoms with Gasteiger partial charge in [-0.15, -0.1) is 0 Å². The van der Waals surface area contributed by atoms with Gasteiger partial charge in [0, 0.05) is 23.1 Å². The molecule has 1 aromatic carbocycles. The third-order valence-electron chi connectivity index (χ3n) is 4.12. The summed E-state index contributed by atoms with van der Waals surface area (Å²) < 4.78 is 1.20. The fourth-order valence-corrected chi connectivity index (χ4v) is 3.17. The summed E-state index contributed by atoms with van der Waals surface area (Å²) in [5.74, 6) is 0. The molecule has 0 bridgehead atoms. The molecule has 20 heavy (non-hydrogen) atoms. The second kappa shape index (κ2) is 8.13. The van der Waals surface area contributed by atoms with E-state index in [1.54, 1.807) is 0 Å². The van der Waals surface area contributed by atoms with Crippen molar-refractivity contribution < 1.29 is 5.11 Å². The molecular weight excluding hydrogens is 316 g/mol. The van der Waals surface area contributed by atoms with Gasteiger partial charge in [0.25, 0.3) is 0 Å². The maximum Gasteiger partial charge on any atom is 0.0584 e.